The molecule has 2 aromatic carbocycles. The number of phenols is 1. The van der Waals surface area contributed by atoms with E-state index in [0.717, 1.165) is 34.4 Å². The third-order valence-electron chi connectivity index (χ3n) is 6.33. The zero-order valence-corrected chi connectivity index (χ0v) is 21.0. The number of benzene rings is 2. The molecule has 3 rings (SSSR count). The number of fused-ring (bicyclic) bond motifs is 1. The monoisotopic (exact) mass is 486 g/mol. The molecule has 0 amide bonds. The van der Waals surface area contributed by atoms with Crippen LogP contribution >= 0.6 is 0 Å². The van der Waals surface area contributed by atoms with Crippen molar-refractivity contribution in [1.29, 1.82) is 0 Å². The molecule has 2 aromatic rings. The first-order valence-corrected chi connectivity index (χ1v) is 12.0. The second-order valence-corrected chi connectivity index (χ2v) is 8.78. The number of carbonyl (C=O) groups is 2. The first-order chi connectivity index (χ1) is 16.6. The molecule has 0 saturated carbocycles. The lowest BCUT2D eigenvalue weighted by Crippen LogP contribution is -2.29. The molecular formula is C27H34O8. The van der Waals surface area contributed by atoms with Crippen LogP contribution in [0.2, 0.25) is 0 Å². The van der Waals surface area contributed by atoms with Crippen LogP contribution in [0.25, 0.3) is 0 Å². The Bertz CT molecular complexity index is 1110. The molecule has 8 heteroatoms. The van der Waals surface area contributed by atoms with E-state index in [9.17, 15) is 14.7 Å². The number of hydrogen-bond acceptors (Lipinski definition) is 7. The van der Waals surface area contributed by atoms with Crippen LogP contribution < -0.4 is 14.2 Å². The predicted octanol–water partition coefficient (Wildman–Crippen LogP) is 5.67. The predicted molar refractivity (Wildman–Crippen MR) is 130 cm³/mol. The Morgan fingerprint density at radius 1 is 1.09 bits per heavy atom. The molecule has 8 nitrogen and oxygen atoms in total. The van der Waals surface area contributed by atoms with Crippen molar-refractivity contribution in [2.45, 2.75) is 73.0 Å². The highest BCUT2D eigenvalue weighted by Gasteiger charge is 2.28. The lowest BCUT2D eigenvalue weighted by Gasteiger charge is -2.29. The van der Waals surface area contributed by atoms with Crippen molar-refractivity contribution in [2.75, 3.05) is 13.2 Å². The molecule has 1 unspecified atom stereocenters. The Balaban J connectivity index is 1.64. The van der Waals surface area contributed by atoms with Gasteiger partial charge in [-0.3, -0.25) is 4.79 Å². The van der Waals surface area contributed by atoms with E-state index in [-0.39, 0.29) is 11.5 Å². The summed E-state index contributed by atoms with van der Waals surface area (Å²) in [5.41, 5.74) is 4.79. The van der Waals surface area contributed by atoms with Crippen LogP contribution in [0.4, 0.5) is 4.79 Å². The fraction of sp³-hybridized carbons (Fsp3) is 0.481. The van der Waals surface area contributed by atoms with E-state index in [2.05, 4.69) is 0 Å². The average Bonchev–Trinajstić information content (AvgIpc) is 2.80. The van der Waals surface area contributed by atoms with E-state index in [4.69, 9.17) is 24.1 Å². The van der Waals surface area contributed by atoms with Gasteiger partial charge in [0.1, 0.15) is 23.0 Å². The maximum Gasteiger partial charge on any atom is 0.508 e. The minimum absolute atomic E-state index is 0.00194. The summed E-state index contributed by atoms with van der Waals surface area (Å²) in [5.74, 6) is 1.88. The largest absolute Gasteiger partial charge is 0.508 e. The first-order valence-electron chi connectivity index (χ1n) is 12.0. The van der Waals surface area contributed by atoms with Crippen LogP contribution in [0.3, 0.4) is 0 Å². The summed E-state index contributed by atoms with van der Waals surface area (Å²) in [7, 11) is 0. The Kier molecular flexibility index (Phi) is 8.48. The number of hydrogen-bond donors (Lipinski definition) is 2. The molecule has 0 aromatic heterocycles. The Morgan fingerprint density at radius 2 is 1.80 bits per heavy atom. The van der Waals surface area contributed by atoms with Crippen molar-refractivity contribution in [3.63, 3.8) is 0 Å². The lowest BCUT2D eigenvalue weighted by molar-refractivity contribution is -0.0639. The minimum atomic E-state index is -1.35. The molecule has 0 spiro atoms. The normalized spacial score (nSPS) is 14.6. The number of phenolic OH excluding ortho intramolecular Hbond substituents is 1. The molecule has 1 aliphatic heterocycles. The second-order valence-electron chi connectivity index (χ2n) is 8.78. The van der Waals surface area contributed by atoms with Crippen molar-refractivity contribution in [3.05, 3.63) is 45.5 Å². The Hall–Kier alpha value is -3.42. The maximum absolute atomic E-state index is 11.7. The van der Waals surface area contributed by atoms with E-state index < -0.39 is 12.4 Å². The van der Waals surface area contributed by atoms with Gasteiger partial charge in [-0.2, -0.15) is 0 Å². The summed E-state index contributed by atoms with van der Waals surface area (Å²) in [6, 6.07) is 3.34. The summed E-state index contributed by atoms with van der Waals surface area (Å²) in [5, 5.41) is 19.4. The van der Waals surface area contributed by atoms with Crippen molar-refractivity contribution >= 4 is 11.9 Å². The van der Waals surface area contributed by atoms with Crippen molar-refractivity contribution in [2.24, 2.45) is 0 Å². The summed E-state index contributed by atoms with van der Waals surface area (Å²) in [4.78, 5) is 22.6. The van der Waals surface area contributed by atoms with Gasteiger partial charge in [0.15, 0.2) is 5.78 Å². The molecular weight excluding hydrogens is 452 g/mol. The molecule has 2 N–H and O–H groups in total. The van der Waals surface area contributed by atoms with Gasteiger partial charge in [-0.05, 0) is 69.4 Å². The van der Waals surface area contributed by atoms with Crippen molar-refractivity contribution in [1.82, 2.24) is 0 Å². The third kappa shape index (κ3) is 5.81. The Labute approximate surface area is 205 Å². The highest BCUT2D eigenvalue weighted by atomic mass is 16.8. The highest BCUT2D eigenvalue weighted by Crippen LogP contribution is 2.41. The zero-order valence-electron chi connectivity index (χ0n) is 21.0. The van der Waals surface area contributed by atoms with Gasteiger partial charge in [0, 0.05) is 24.0 Å². The summed E-state index contributed by atoms with van der Waals surface area (Å²) in [6.45, 7) is 10.1. The van der Waals surface area contributed by atoms with E-state index >= 15 is 0 Å². The smallest absolute Gasteiger partial charge is 0.507 e. The highest BCUT2D eigenvalue weighted by molar-refractivity contribution is 5.97. The summed E-state index contributed by atoms with van der Waals surface area (Å²) >= 11 is 0. The van der Waals surface area contributed by atoms with Gasteiger partial charge in [-0.1, -0.05) is 13.3 Å². The second kappa shape index (κ2) is 11.3. The van der Waals surface area contributed by atoms with E-state index in [1.807, 2.05) is 27.7 Å². The molecule has 0 aliphatic carbocycles. The molecule has 1 aliphatic rings. The van der Waals surface area contributed by atoms with Gasteiger partial charge in [-0.25, -0.2) is 4.79 Å². The zero-order chi connectivity index (χ0) is 25.7. The van der Waals surface area contributed by atoms with E-state index in [1.54, 1.807) is 12.1 Å². The SMILES string of the molecule is CCCc1c(OCCCOc2c(C)c(C)c3c(c2C)CCC(OC(=O)O)O3)ccc(C(C)=O)c1O. The molecule has 0 radical (unpaired) electrons. The molecule has 0 fully saturated rings. The maximum atomic E-state index is 11.7. The number of ether oxygens (including phenoxy) is 4. The molecule has 0 saturated heterocycles. The van der Waals surface area contributed by atoms with Crippen LogP contribution in [0, 0.1) is 20.8 Å². The molecule has 1 heterocycles. The average molecular weight is 487 g/mol. The van der Waals surface area contributed by atoms with Crippen molar-refractivity contribution in [3.8, 4) is 23.0 Å². The first kappa shape index (κ1) is 26.2. The summed E-state index contributed by atoms with van der Waals surface area (Å²) in [6.07, 6.45) is 0.997. The third-order valence-corrected chi connectivity index (χ3v) is 6.33. The fourth-order valence-electron chi connectivity index (χ4n) is 4.42. The Morgan fingerprint density at radius 3 is 2.46 bits per heavy atom. The quantitative estimate of drug-likeness (QED) is 0.251. The standard InChI is InChI=1S/C27H34O8/c1-6-8-21-22(11-9-20(18(5)28)24(21)29)32-13-7-14-33-25-15(2)16(3)26-19(17(25)4)10-12-23(34-26)35-27(30)31/h9,11,23,29H,6-8,10,12-14H2,1-5H3,(H,30,31). The van der Waals surface area contributed by atoms with Gasteiger partial charge in [0.05, 0.1) is 18.8 Å². The van der Waals surface area contributed by atoms with Gasteiger partial charge >= 0.3 is 6.16 Å². The van der Waals surface area contributed by atoms with Gasteiger partial charge in [-0.15, -0.1) is 0 Å². The van der Waals surface area contributed by atoms with Gasteiger partial charge in [0.2, 0.25) is 6.29 Å². The number of carboxylic acid groups (broad SMARTS) is 1. The van der Waals surface area contributed by atoms with Crippen LogP contribution in [-0.4, -0.2) is 41.7 Å². The van der Waals surface area contributed by atoms with Gasteiger partial charge in [0.25, 0.3) is 0 Å². The minimum Gasteiger partial charge on any atom is -0.507 e. The molecule has 190 valence electrons. The van der Waals surface area contributed by atoms with Crippen LogP contribution in [-0.2, 0) is 17.6 Å². The van der Waals surface area contributed by atoms with Crippen LogP contribution in [0.15, 0.2) is 12.1 Å². The number of aromatic hydroxyl groups is 1. The number of Topliss-reactive ketones (excluding diaryl/α,β-unsaturated/α-hetero) is 1. The fourth-order valence-corrected chi connectivity index (χ4v) is 4.42. The van der Waals surface area contributed by atoms with Crippen molar-refractivity contribution < 1.29 is 38.7 Å². The van der Waals surface area contributed by atoms with Crippen LogP contribution in [0.1, 0.15) is 71.3 Å². The summed E-state index contributed by atoms with van der Waals surface area (Å²) < 4.78 is 22.7. The number of carbonyl (C=O) groups excluding carboxylic acids is 1. The molecule has 1 atom stereocenters. The van der Waals surface area contributed by atoms with Gasteiger partial charge < -0.3 is 29.2 Å². The van der Waals surface area contributed by atoms with Crippen LogP contribution in [0.5, 0.6) is 23.0 Å². The van der Waals surface area contributed by atoms with E-state index in [0.29, 0.717) is 61.5 Å². The topological polar surface area (TPSA) is 112 Å². The lowest BCUT2D eigenvalue weighted by atomic mass is 9.93. The molecule has 35 heavy (non-hydrogen) atoms. The van der Waals surface area contributed by atoms with E-state index in [1.165, 1.54) is 6.92 Å². The molecule has 0 bridgehead atoms. The number of rotatable bonds is 10. The number of ketones is 1.